The van der Waals surface area contributed by atoms with Gasteiger partial charge in [0.25, 0.3) is 0 Å². The Morgan fingerprint density at radius 1 is 1.15 bits per heavy atom. The number of hydrogen-bond donors (Lipinski definition) is 1. The lowest BCUT2D eigenvalue weighted by Crippen LogP contribution is -2.13. The zero-order chi connectivity index (χ0) is 14.5. The second kappa shape index (κ2) is 6.37. The van der Waals surface area contributed by atoms with E-state index in [1.165, 1.54) is 5.56 Å². The number of aryl methyl sites for hydroxylation is 2. The summed E-state index contributed by atoms with van der Waals surface area (Å²) < 4.78 is 0. The van der Waals surface area contributed by atoms with Gasteiger partial charge in [0.2, 0.25) is 0 Å². The molecule has 0 radical (unpaired) electrons. The van der Waals surface area contributed by atoms with E-state index < -0.39 is 0 Å². The van der Waals surface area contributed by atoms with Crippen molar-refractivity contribution in [3.05, 3.63) is 41.7 Å². The summed E-state index contributed by atoms with van der Waals surface area (Å²) in [5, 5.41) is 3.32. The molecule has 4 heteroatoms. The third-order valence-corrected chi connectivity index (χ3v) is 3.11. The first-order chi connectivity index (χ1) is 9.60. The van der Waals surface area contributed by atoms with Gasteiger partial charge in [-0.1, -0.05) is 19.1 Å². The third-order valence-electron chi connectivity index (χ3n) is 3.11. The Morgan fingerprint density at radius 3 is 2.65 bits per heavy atom. The molecule has 0 aliphatic heterocycles. The number of nitrogens with one attached hydrogen (secondary N) is 1. The highest BCUT2D eigenvalue weighted by Gasteiger charge is 2.08. The van der Waals surface area contributed by atoms with E-state index in [9.17, 15) is 0 Å². The highest BCUT2D eigenvalue weighted by atomic mass is 15.2. The van der Waals surface area contributed by atoms with Crippen LogP contribution >= 0.6 is 0 Å². The zero-order valence-electron chi connectivity index (χ0n) is 12.6. The Kier molecular flexibility index (Phi) is 4.56. The number of benzene rings is 1. The van der Waals surface area contributed by atoms with Gasteiger partial charge in [-0.25, -0.2) is 9.97 Å². The molecule has 0 aliphatic rings. The molecule has 0 saturated heterocycles. The fraction of sp³-hybridized carbons (Fsp3) is 0.375. The van der Waals surface area contributed by atoms with Crippen LogP contribution in [0.4, 0.5) is 17.3 Å². The normalized spacial score (nSPS) is 10.4. The summed E-state index contributed by atoms with van der Waals surface area (Å²) in [6, 6.07) is 10.4. The maximum Gasteiger partial charge on any atom is 0.138 e. The van der Waals surface area contributed by atoms with Crippen LogP contribution in [0.15, 0.2) is 30.3 Å². The van der Waals surface area contributed by atoms with Gasteiger partial charge in [-0.2, -0.15) is 0 Å². The summed E-state index contributed by atoms with van der Waals surface area (Å²) >= 11 is 0. The van der Waals surface area contributed by atoms with Crippen molar-refractivity contribution in [2.45, 2.75) is 27.2 Å². The molecule has 106 valence electrons. The van der Waals surface area contributed by atoms with Crippen LogP contribution in [-0.2, 0) is 0 Å². The van der Waals surface area contributed by atoms with Gasteiger partial charge in [0.1, 0.15) is 17.5 Å². The van der Waals surface area contributed by atoms with E-state index in [0.29, 0.717) is 0 Å². The van der Waals surface area contributed by atoms with Gasteiger partial charge in [-0.05, 0) is 38.0 Å². The second-order valence-electron chi connectivity index (χ2n) is 4.98. The van der Waals surface area contributed by atoms with Crippen molar-refractivity contribution >= 4 is 17.3 Å². The quantitative estimate of drug-likeness (QED) is 0.899. The smallest absolute Gasteiger partial charge is 0.138 e. The molecule has 2 rings (SSSR count). The van der Waals surface area contributed by atoms with Gasteiger partial charge in [0.05, 0.1) is 0 Å². The molecular formula is C16H22N4. The Bertz CT molecular complexity index is 580. The summed E-state index contributed by atoms with van der Waals surface area (Å²) in [7, 11) is 2.03. The molecule has 1 N–H and O–H groups in total. The second-order valence-corrected chi connectivity index (χ2v) is 4.98. The molecule has 4 nitrogen and oxygen atoms in total. The Hall–Kier alpha value is -2.10. The van der Waals surface area contributed by atoms with Crippen LogP contribution in [-0.4, -0.2) is 23.6 Å². The van der Waals surface area contributed by atoms with Crippen molar-refractivity contribution in [1.29, 1.82) is 0 Å². The third kappa shape index (κ3) is 3.47. The first-order valence-corrected chi connectivity index (χ1v) is 7.00. The molecule has 0 bridgehead atoms. The minimum atomic E-state index is 0.778. The van der Waals surface area contributed by atoms with Crippen LogP contribution in [0.2, 0.25) is 0 Å². The number of nitrogens with zero attached hydrogens (tertiary/aromatic N) is 3. The summed E-state index contributed by atoms with van der Waals surface area (Å²) in [5.74, 6) is 2.57. The van der Waals surface area contributed by atoms with Gasteiger partial charge in [0, 0.05) is 25.3 Å². The van der Waals surface area contributed by atoms with Crippen LogP contribution in [0.3, 0.4) is 0 Å². The van der Waals surface area contributed by atoms with Gasteiger partial charge in [0.15, 0.2) is 0 Å². The lowest BCUT2D eigenvalue weighted by molar-refractivity contribution is 0.948. The van der Waals surface area contributed by atoms with Crippen molar-refractivity contribution < 1.29 is 0 Å². The number of aromatic nitrogens is 2. The predicted molar refractivity (Wildman–Crippen MR) is 84.8 cm³/mol. The molecule has 0 aliphatic carbocycles. The molecular weight excluding hydrogens is 248 g/mol. The van der Waals surface area contributed by atoms with E-state index in [1.807, 2.05) is 20.0 Å². The van der Waals surface area contributed by atoms with Crippen LogP contribution in [0.25, 0.3) is 0 Å². The lowest BCUT2D eigenvalue weighted by atomic mass is 10.2. The molecule has 2 aromatic rings. The molecule has 0 saturated carbocycles. The maximum absolute atomic E-state index is 4.52. The number of hydrogen-bond acceptors (Lipinski definition) is 4. The zero-order valence-corrected chi connectivity index (χ0v) is 12.6. The van der Waals surface area contributed by atoms with Crippen LogP contribution in [0, 0.1) is 13.8 Å². The first-order valence-electron chi connectivity index (χ1n) is 7.00. The highest BCUT2D eigenvalue weighted by Crippen LogP contribution is 2.24. The van der Waals surface area contributed by atoms with Crippen LogP contribution in [0.5, 0.6) is 0 Å². The van der Waals surface area contributed by atoms with E-state index in [0.717, 1.165) is 36.1 Å². The minimum Gasteiger partial charge on any atom is -0.370 e. The molecule has 0 amide bonds. The lowest BCUT2D eigenvalue weighted by Gasteiger charge is -2.20. The summed E-state index contributed by atoms with van der Waals surface area (Å²) in [4.78, 5) is 11.0. The Balaban J connectivity index is 2.29. The molecule has 0 spiro atoms. The molecule has 1 heterocycles. The van der Waals surface area contributed by atoms with Gasteiger partial charge >= 0.3 is 0 Å². The van der Waals surface area contributed by atoms with E-state index in [-0.39, 0.29) is 0 Å². The minimum absolute atomic E-state index is 0.778. The van der Waals surface area contributed by atoms with Gasteiger partial charge < -0.3 is 10.2 Å². The van der Waals surface area contributed by atoms with E-state index >= 15 is 0 Å². The van der Waals surface area contributed by atoms with Gasteiger partial charge in [-0.3, -0.25) is 0 Å². The van der Waals surface area contributed by atoms with Crippen LogP contribution in [0.1, 0.15) is 24.7 Å². The van der Waals surface area contributed by atoms with E-state index in [1.54, 1.807) is 0 Å². The average molecular weight is 270 g/mol. The Labute approximate surface area is 120 Å². The van der Waals surface area contributed by atoms with Crippen LogP contribution < -0.4 is 10.2 Å². The Morgan fingerprint density at radius 2 is 1.95 bits per heavy atom. The molecule has 1 aromatic carbocycles. The summed E-state index contributed by atoms with van der Waals surface area (Å²) in [6.45, 7) is 7.08. The molecule has 0 fully saturated rings. The van der Waals surface area contributed by atoms with Crippen molar-refractivity contribution in [2.24, 2.45) is 0 Å². The van der Waals surface area contributed by atoms with Crippen molar-refractivity contribution in [2.75, 3.05) is 23.8 Å². The summed E-state index contributed by atoms with van der Waals surface area (Å²) in [5.41, 5.74) is 2.37. The van der Waals surface area contributed by atoms with E-state index in [2.05, 4.69) is 58.3 Å². The topological polar surface area (TPSA) is 41.0 Å². The standard InChI is InChI=1S/C16H22N4/c1-5-9-17-15-11-16(19-13(3)18-15)20(4)14-8-6-7-12(2)10-14/h6-8,10-11H,5,9H2,1-4H3,(H,17,18,19). The van der Waals surface area contributed by atoms with Crippen molar-refractivity contribution in [1.82, 2.24) is 9.97 Å². The monoisotopic (exact) mass is 270 g/mol. The first kappa shape index (κ1) is 14.3. The average Bonchev–Trinajstić information content (AvgIpc) is 2.43. The molecule has 0 atom stereocenters. The van der Waals surface area contributed by atoms with Crippen molar-refractivity contribution in [3.8, 4) is 0 Å². The van der Waals surface area contributed by atoms with Gasteiger partial charge in [-0.15, -0.1) is 0 Å². The predicted octanol–water partition coefficient (Wildman–Crippen LogP) is 3.68. The SMILES string of the molecule is CCCNc1cc(N(C)c2cccc(C)c2)nc(C)n1. The molecule has 0 unspecified atom stereocenters. The largest absolute Gasteiger partial charge is 0.370 e. The fourth-order valence-corrected chi connectivity index (χ4v) is 2.04. The molecule has 20 heavy (non-hydrogen) atoms. The maximum atomic E-state index is 4.52. The summed E-state index contributed by atoms with van der Waals surface area (Å²) in [6.07, 6.45) is 1.08. The fourth-order valence-electron chi connectivity index (χ4n) is 2.04. The molecule has 1 aromatic heterocycles. The number of anilines is 3. The van der Waals surface area contributed by atoms with Crippen molar-refractivity contribution in [3.63, 3.8) is 0 Å². The number of rotatable bonds is 5. The highest BCUT2D eigenvalue weighted by molar-refractivity contribution is 5.62. The van der Waals surface area contributed by atoms with E-state index in [4.69, 9.17) is 0 Å².